The zero-order valence-electron chi connectivity index (χ0n) is 13.2. The van der Waals surface area contributed by atoms with E-state index in [-0.39, 0.29) is 12.1 Å². The van der Waals surface area contributed by atoms with Gasteiger partial charge in [0.15, 0.2) is 0 Å². The summed E-state index contributed by atoms with van der Waals surface area (Å²) in [4.78, 5) is 2.35. The van der Waals surface area contributed by atoms with Crippen LogP contribution in [0.25, 0.3) is 0 Å². The topological polar surface area (TPSA) is 54.0 Å². The van der Waals surface area contributed by atoms with Crippen LogP contribution in [-0.2, 0) is 9.47 Å². The Morgan fingerprint density at radius 1 is 1.26 bits per heavy atom. The van der Waals surface area contributed by atoms with Crippen LogP contribution in [0.3, 0.4) is 0 Å². The van der Waals surface area contributed by atoms with Crippen molar-refractivity contribution in [1.82, 2.24) is 10.2 Å². The van der Waals surface area contributed by atoms with Crippen molar-refractivity contribution in [3.63, 3.8) is 0 Å². The van der Waals surface area contributed by atoms with Gasteiger partial charge in [-0.25, -0.2) is 0 Å². The van der Waals surface area contributed by atoms with Crippen molar-refractivity contribution < 1.29 is 14.6 Å². The molecular formula is C14H32N2O3. The first kappa shape index (κ1) is 18.8. The van der Waals surface area contributed by atoms with E-state index < -0.39 is 0 Å². The number of hydrogen-bond acceptors (Lipinski definition) is 5. The SMILES string of the molecule is CCNC(C)(CO)CCN(CCOC)C(C)COC. The molecule has 2 N–H and O–H groups in total. The Hall–Kier alpha value is -0.200. The van der Waals surface area contributed by atoms with Crippen LogP contribution in [0.1, 0.15) is 27.2 Å². The Bertz CT molecular complexity index is 217. The maximum Gasteiger partial charge on any atom is 0.0615 e. The summed E-state index contributed by atoms with van der Waals surface area (Å²) >= 11 is 0. The second kappa shape index (κ2) is 10.6. The summed E-state index contributed by atoms with van der Waals surface area (Å²) in [7, 11) is 3.44. The molecular weight excluding hydrogens is 244 g/mol. The maximum absolute atomic E-state index is 9.52. The van der Waals surface area contributed by atoms with Gasteiger partial charge >= 0.3 is 0 Å². The largest absolute Gasteiger partial charge is 0.394 e. The van der Waals surface area contributed by atoms with Crippen molar-refractivity contribution in [1.29, 1.82) is 0 Å². The number of aliphatic hydroxyl groups is 1. The predicted molar refractivity (Wildman–Crippen MR) is 78.6 cm³/mol. The summed E-state index contributed by atoms with van der Waals surface area (Å²) in [5, 5.41) is 12.9. The Morgan fingerprint density at radius 3 is 2.42 bits per heavy atom. The van der Waals surface area contributed by atoms with Crippen LogP contribution in [0.5, 0.6) is 0 Å². The molecule has 0 bridgehead atoms. The minimum absolute atomic E-state index is 0.150. The number of likely N-dealkylation sites (N-methyl/N-ethyl adjacent to an activating group) is 1. The Labute approximate surface area is 118 Å². The summed E-state index contributed by atoms with van der Waals surface area (Å²) in [6.45, 7) is 10.5. The molecule has 0 spiro atoms. The third kappa shape index (κ3) is 7.84. The summed E-state index contributed by atoms with van der Waals surface area (Å²) in [5.41, 5.74) is -0.215. The molecule has 116 valence electrons. The lowest BCUT2D eigenvalue weighted by Gasteiger charge is -2.34. The van der Waals surface area contributed by atoms with E-state index in [9.17, 15) is 5.11 Å². The molecule has 0 aromatic carbocycles. The average Bonchev–Trinajstić information content (AvgIpc) is 2.39. The zero-order valence-corrected chi connectivity index (χ0v) is 13.2. The number of nitrogens with zero attached hydrogens (tertiary/aromatic N) is 1. The Morgan fingerprint density at radius 2 is 1.95 bits per heavy atom. The fraction of sp³-hybridized carbons (Fsp3) is 1.00. The Kier molecular flexibility index (Phi) is 10.5. The number of aliphatic hydroxyl groups excluding tert-OH is 1. The van der Waals surface area contributed by atoms with Crippen molar-refractivity contribution >= 4 is 0 Å². The van der Waals surface area contributed by atoms with E-state index in [1.165, 1.54) is 0 Å². The third-order valence-electron chi connectivity index (χ3n) is 3.52. The lowest BCUT2D eigenvalue weighted by atomic mass is 9.98. The first-order valence-corrected chi connectivity index (χ1v) is 7.10. The van der Waals surface area contributed by atoms with E-state index in [4.69, 9.17) is 9.47 Å². The van der Waals surface area contributed by atoms with Gasteiger partial charge in [0, 0.05) is 38.9 Å². The standard InChI is InChI=1S/C14H32N2O3/c1-6-15-14(3,12-17)7-8-16(9-10-18-4)13(2)11-19-5/h13,15,17H,6-12H2,1-5H3. The normalized spacial score (nSPS) is 16.6. The monoisotopic (exact) mass is 276 g/mol. The molecule has 2 unspecified atom stereocenters. The highest BCUT2D eigenvalue weighted by Gasteiger charge is 2.24. The van der Waals surface area contributed by atoms with E-state index in [0.717, 1.165) is 26.1 Å². The molecule has 0 saturated carbocycles. The van der Waals surface area contributed by atoms with E-state index in [0.29, 0.717) is 19.3 Å². The predicted octanol–water partition coefficient (Wildman–Crippen LogP) is 0.720. The fourth-order valence-electron chi connectivity index (χ4n) is 2.15. The molecule has 0 fully saturated rings. The van der Waals surface area contributed by atoms with Crippen molar-refractivity contribution in [2.45, 2.75) is 38.8 Å². The van der Waals surface area contributed by atoms with Crippen LogP contribution < -0.4 is 5.32 Å². The van der Waals surface area contributed by atoms with E-state index in [1.54, 1.807) is 14.2 Å². The van der Waals surface area contributed by atoms with Crippen LogP contribution in [0.15, 0.2) is 0 Å². The molecule has 0 aliphatic carbocycles. The van der Waals surface area contributed by atoms with Crippen LogP contribution in [0.2, 0.25) is 0 Å². The van der Waals surface area contributed by atoms with Crippen molar-refractivity contribution in [3.8, 4) is 0 Å². The van der Waals surface area contributed by atoms with Crippen molar-refractivity contribution in [2.75, 3.05) is 53.7 Å². The number of methoxy groups -OCH3 is 2. The average molecular weight is 276 g/mol. The van der Waals surface area contributed by atoms with E-state index >= 15 is 0 Å². The molecule has 0 amide bonds. The number of nitrogens with one attached hydrogen (secondary N) is 1. The summed E-state index contributed by atoms with van der Waals surface area (Å²) in [5.74, 6) is 0. The number of hydrogen-bond donors (Lipinski definition) is 2. The molecule has 0 aromatic rings. The lowest BCUT2D eigenvalue weighted by Crippen LogP contribution is -2.49. The smallest absolute Gasteiger partial charge is 0.0615 e. The highest BCUT2D eigenvalue weighted by atomic mass is 16.5. The molecule has 19 heavy (non-hydrogen) atoms. The zero-order chi connectivity index (χ0) is 14.7. The summed E-state index contributed by atoms with van der Waals surface area (Å²) in [6.07, 6.45) is 0.898. The highest BCUT2D eigenvalue weighted by Crippen LogP contribution is 2.11. The first-order valence-electron chi connectivity index (χ1n) is 7.10. The number of ether oxygens (including phenoxy) is 2. The third-order valence-corrected chi connectivity index (χ3v) is 3.52. The maximum atomic E-state index is 9.52. The van der Waals surface area contributed by atoms with Gasteiger partial charge in [-0.15, -0.1) is 0 Å². The molecule has 0 radical (unpaired) electrons. The van der Waals surface area contributed by atoms with Crippen LogP contribution in [-0.4, -0.2) is 75.3 Å². The first-order chi connectivity index (χ1) is 9.02. The molecule has 0 aromatic heterocycles. The van der Waals surface area contributed by atoms with Crippen molar-refractivity contribution in [3.05, 3.63) is 0 Å². The highest BCUT2D eigenvalue weighted by molar-refractivity contribution is 4.83. The summed E-state index contributed by atoms with van der Waals surface area (Å²) in [6, 6.07) is 0.352. The van der Waals surface area contributed by atoms with Gasteiger partial charge in [0.1, 0.15) is 0 Å². The second-order valence-electron chi connectivity index (χ2n) is 5.33. The van der Waals surface area contributed by atoms with Gasteiger partial charge in [-0.2, -0.15) is 0 Å². The van der Waals surface area contributed by atoms with E-state index in [1.807, 2.05) is 0 Å². The van der Waals surface area contributed by atoms with Crippen LogP contribution in [0, 0.1) is 0 Å². The van der Waals surface area contributed by atoms with Gasteiger partial charge in [0.25, 0.3) is 0 Å². The minimum atomic E-state index is -0.215. The van der Waals surface area contributed by atoms with Crippen LogP contribution in [0.4, 0.5) is 0 Å². The molecule has 0 aliphatic rings. The van der Waals surface area contributed by atoms with Gasteiger partial charge in [0.05, 0.1) is 19.8 Å². The van der Waals surface area contributed by atoms with Gasteiger partial charge in [0.2, 0.25) is 0 Å². The van der Waals surface area contributed by atoms with E-state index in [2.05, 4.69) is 31.0 Å². The minimum Gasteiger partial charge on any atom is -0.394 e. The molecule has 0 heterocycles. The molecule has 0 aliphatic heterocycles. The van der Waals surface area contributed by atoms with Gasteiger partial charge in [-0.1, -0.05) is 6.92 Å². The molecule has 5 nitrogen and oxygen atoms in total. The number of rotatable bonds is 12. The lowest BCUT2D eigenvalue weighted by molar-refractivity contribution is 0.0634. The summed E-state index contributed by atoms with van der Waals surface area (Å²) < 4.78 is 10.4. The van der Waals surface area contributed by atoms with Gasteiger partial charge < -0.3 is 19.9 Å². The van der Waals surface area contributed by atoms with Crippen molar-refractivity contribution in [2.24, 2.45) is 0 Å². The van der Waals surface area contributed by atoms with Gasteiger partial charge in [-0.05, 0) is 26.8 Å². The quantitative estimate of drug-likeness (QED) is 0.550. The molecule has 0 rings (SSSR count). The molecule has 0 saturated heterocycles. The Balaban J connectivity index is 4.36. The van der Waals surface area contributed by atoms with Gasteiger partial charge in [-0.3, -0.25) is 4.90 Å². The second-order valence-corrected chi connectivity index (χ2v) is 5.33. The molecule has 5 heteroatoms. The fourth-order valence-corrected chi connectivity index (χ4v) is 2.15. The van der Waals surface area contributed by atoms with Crippen LogP contribution >= 0.6 is 0 Å². The molecule has 2 atom stereocenters.